The molecule has 1 aromatic heterocycles. The second-order valence-corrected chi connectivity index (χ2v) is 5.60. The Labute approximate surface area is 145 Å². The van der Waals surface area contributed by atoms with E-state index >= 15 is 0 Å². The number of rotatable bonds is 5. The Kier molecular flexibility index (Phi) is 4.04. The highest BCUT2D eigenvalue weighted by molar-refractivity contribution is 6.02. The SMILES string of the molecule is CCOc1ccc2ccccc2c1/C=N\Nc1nc2ccccc2[nH]1. The molecule has 0 radical (unpaired) electrons. The summed E-state index contributed by atoms with van der Waals surface area (Å²) in [5.41, 5.74) is 5.79. The van der Waals surface area contributed by atoms with Crippen molar-refractivity contribution in [3.63, 3.8) is 0 Å². The molecular weight excluding hydrogens is 312 g/mol. The largest absolute Gasteiger partial charge is 0.493 e. The molecule has 124 valence electrons. The van der Waals surface area contributed by atoms with Crippen molar-refractivity contribution in [2.24, 2.45) is 5.10 Å². The van der Waals surface area contributed by atoms with Crippen LogP contribution >= 0.6 is 0 Å². The van der Waals surface area contributed by atoms with Crippen molar-refractivity contribution in [1.29, 1.82) is 0 Å². The third-order valence-corrected chi connectivity index (χ3v) is 3.98. The van der Waals surface area contributed by atoms with Crippen LogP contribution in [0.25, 0.3) is 21.8 Å². The summed E-state index contributed by atoms with van der Waals surface area (Å²) in [6.45, 7) is 2.58. The summed E-state index contributed by atoms with van der Waals surface area (Å²) in [4.78, 5) is 7.64. The number of ether oxygens (including phenoxy) is 1. The first-order valence-corrected chi connectivity index (χ1v) is 8.23. The van der Waals surface area contributed by atoms with Crippen molar-refractivity contribution in [2.75, 3.05) is 12.0 Å². The first-order valence-electron chi connectivity index (χ1n) is 8.23. The van der Waals surface area contributed by atoms with Crippen LogP contribution in [-0.2, 0) is 0 Å². The van der Waals surface area contributed by atoms with Gasteiger partial charge < -0.3 is 9.72 Å². The molecule has 0 atom stereocenters. The first-order chi connectivity index (χ1) is 12.3. The van der Waals surface area contributed by atoms with Gasteiger partial charge in [0.05, 0.1) is 23.9 Å². The van der Waals surface area contributed by atoms with Gasteiger partial charge in [0.15, 0.2) is 0 Å². The maximum atomic E-state index is 5.75. The molecule has 3 aromatic carbocycles. The van der Waals surface area contributed by atoms with Crippen LogP contribution in [0.15, 0.2) is 65.8 Å². The third-order valence-electron chi connectivity index (χ3n) is 3.98. The molecular formula is C20H18N4O. The molecule has 0 saturated carbocycles. The van der Waals surface area contributed by atoms with Crippen molar-refractivity contribution in [3.05, 3.63) is 66.2 Å². The number of hydrogen-bond acceptors (Lipinski definition) is 4. The summed E-state index contributed by atoms with van der Waals surface area (Å²) in [5.74, 6) is 1.42. The zero-order valence-corrected chi connectivity index (χ0v) is 13.9. The number of benzene rings is 3. The van der Waals surface area contributed by atoms with E-state index in [4.69, 9.17) is 4.74 Å². The molecule has 0 saturated heterocycles. The second kappa shape index (κ2) is 6.65. The van der Waals surface area contributed by atoms with Crippen LogP contribution in [0.2, 0.25) is 0 Å². The number of fused-ring (bicyclic) bond motifs is 2. The fourth-order valence-corrected chi connectivity index (χ4v) is 2.85. The standard InChI is InChI=1S/C20H18N4O/c1-2-25-19-12-11-14-7-3-4-8-15(14)16(19)13-21-24-20-22-17-9-5-6-10-18(17)23-20/h3-13H,2H2,1H3,(H2,22,23,24)/b21-13-. The first kappa shape index (κ1) is 15.2. The monoisotopic (exact) mass is 330 g/mol. The molecule has 0 spiro atoms. The van der Waals surface area contributed by atoms with E-state index in [1.807, 2.05) is 49.4 Å². The summed E-state index contributed by atoms with van der Waals surface area (Å²) in [5, 5.41) is 6.60. The minimum Gasteiger partial charge on any atom is -0.493 e. The van der Waals surface area contributed by atoms with Gasteiger partial charge in [-0.1, -0.05) is 42.5 Å². The van der Waals surface area contributed by atoms with Crippen LogP contribution < -0.4 is 10.2 Å². The molecule has 4 rings (SSSR count). The highest BCUT2D eigenvalue weighted by atomic mass is 16.5. The summed E-state index contributed by atoms with van der Waals surface area (Å²) in [6, 6.07) is 20.1. The van der Waals surface area contributed by atoms with Gasteiger partial charge in [0.25, 0.3) is 0 Å². The minimum absolute atomic E-state index is 0.607. The molecule has 2 N–H and O–H groups in total. The molecule has 0 fully saturated rings. The Morgan fingerprint density at radius 2 is 1.92 bits per heavy atom. The Morgan fingerprint density at radius 3 is 2.80 bits per heavy atom. The number of anilines is 1. The Bertz CT molecular complexity index is 1020. The number of aromatic amines is 1. The van der Waals surface area contributed by atoms with E-state index in [0.717, 1.165) is 33.1 Å². The van der Waals surface area contributed by atoms with Gasteiger partial charge in [0, 0.05) is 5.56 Å². The van der Waals surface area contributed by atoms with Crippen molar-refractivity contribution in [2.45, 2.75) is 6.92 Å². The minimum atomic E-state index is 0.607. The fraction of sp³-hybridized carbons (Fsp3) is 0.100. The smallest absolute Gasteiger partial charge is 0.222 e. The van der Waals surface area contributed by atoms with E-state index in [0.29, 0.717) is 12.6 Å². The lowest BCUT2D eigenvalue weighted by Gasteiger charge is -2.10. The van der Waals surface area contributed by atoms with Crippen LogP contribution in [0.1, 0.15) is 12.5 Å². The molecule has 25 heavy (non-hydrogen) atoms. The Balaban J connectivity index is 1.66. The van der Waals surface area contributed by atoms with E-state index in [1.165, 1.54) is 0 Å². The number of hydrazone groups is 1. The van der Waals surface area contributed by atoms with E-state index in [9.17, 15) is 0 Å². The lowest BCUT2D eigenvalue weighted by molar-refractivity contribution is 0.340. The lowest BCUT2D eigenvalue weighted by Crippen LogP contribution is -1.99. The van der Waals surface area contributed by atoms with Crippen molar-refractivity contribution in [1.82, 2.24) is 9.97 Å². The van der Waals surface area contributed by atoms with Crippen LogP contribution in [-0.4, -0.2) is 22.8 Å². The number of H-pyrrole nitrogens is 1. The second-order valence-electron chi connectivity index (χ2n) is 5.60. The summed E-state index contributed by atoms with van der Waals surface area (Å²) in [7, 11) is 0. The third kappa shape index (κ3) is 3.04. The maximum absolute atomic E-state index is 5.75. The molecule has 0 amide bonds. The normalized spacial score (nSPS) is 11.4. The highest BCUT2D eigenvalue weighted by Crippen LogP contribution is 2.26. The van der Waals surface area contributed by atoms with Crippen LogP contribution in [0, 0.1) is 0 Å². The summed E-state index contributed by atoms with van der Waals surface area (Å²) >= 11 is 0. The van der Waals surface area contributed by atoms with Crippen molar-refractivity contribution < 1.29 is 4.74 Å². The molecule has 5 heteroatoms. The molecule has 0 bridgehead atoms. The van der Waals surface area contributed by atoms with Crippen LogP contribution in [0.4, 0.5) is 5.95 Å². The quantitative estimate of drug-likeness (QED) is 0.416. The zero-order valence-electron chi connectivity index (χ0n) is 13.9. The molecule has 0 unspecified atom stereocenters. The van der Waals surface area contributed by atoms with E-state index in [-0.39, 0.29) is 0 Å². The van der Waals surface area contributed by atoms with Gasteiger partial charge in [-0.3, -0.25) is 0 Å². The maximum Gasteiger partial charge on any atom is 0.222 e. The lowest BCUT2D eigenvalue weighted by atomic mass is 10.0. The Morgan fingerprint density at radius 1 is 1.08 bits per heavy atom. The fourth-order valence-electron chi connectivity index (χ4n) is 2.85. The number of imidazole rings is 1. The highest BCUT2D eigenvalue weighted by Gasteiger charge is 2.07. The van der Waals surface area contributed by atoms with Gasteiger partial charge in [0.2, 0.25) is 5.95 Å². The van der Waals surface area contributed by atoms with Gasteiger partial charge in [-0.25, -0.2) is 10.4 Å². The van der Waals surface area contributed by atoms with Crippen molar-refractivity contribution in [3.8, 4) is 5.75 Å². The zero-order chi connectivity index (χ0) is 17.1. The number of aromatic nitrogens is 2. The van der Waals surface area contributed by atoms with E-state index < -0.39 is 0 Å². The van der Waals surface area contributed by atoms with Gasteiger partial charge in [-0.05, 0) is 35.9 Å². The number of nitrogens with one attached hydrogen (secondary N) is 2. The summed E-state index contributed by atoms with van der Waals surface area (Å²) in [6.07, 6.45) is 1.78. The molecule has 0 aliphatic rings. The van der Waals surface area contributed by atoms with Gasteiger partial charge >= 0.3 is 0 Å². The van der Waals surface area contributed by atoms with Gasteiger partial charge in [-0.15, -0.1) is 0 Å². The molecule has 4 aromatic rings. The predicted molar refractivity (Wildman–Crippen MR) is 102 cm³/mol. The van der Waals surface area contributed by atoms with Crippen LogP contribution in [0.5, 0.6) is 5.75 Å². The van der Waals surface area contributed by atoms with Gasteiger partial charge in [0.1, 0.15) is 5.75 Å². The van der Waals surface area contributed by atoms with E-state index in [2.05, 4.69) is 38.7 Å². The predicted octanol–water partition coefficient (Wildman–Crippen LogP) is 4.56. The van der Waals surface area contributed by atoms with Gasteiger partial charge in [-0.2, -0.15) is 5.10 Å². The number of para-hydroxylation sites is 2. The molecule has 0 aliphatic heterocycles. The van der Waals surface area contributed by atoms with Crippen molar-refractivity contribution >= 4 is 34.0 Å². The topological polar surface area (TPSA) is 62.3 Å². The summed E-state index contributed by atoms with van der Waals surface area (Å²) < 4.78 is 5.75. The number of hydrogen-bond donors (Lipinski definition) is 2. The molecule has 0 aliphatic carbocycles. The van der Waals surface area contributed by atoms with E-state index in [1.54, 1.807) is 6.21 Å². The average molecular weight is 330 g/mol. The Hall–Kier alpha value is -3.34. The van der Waals surface area contributed by atoms with Crippen LogP contribution in [0.3, 0.4) is 0 Å². The molecule has 1 heterocycles. The number of nitrogens with zero attached hydrogens (tertiary/aromatic N) is 2. The molecule has 5 nitrogen and oxygen atoms in total. The average Bonchev–Trinajstić information content (AvgIpc) is 3.06.